The van der Waals surface area contributed by atoms with Crippen LogP contribution >= 0.6 is 0 Å². The Morgan fingerprint density at radius 1 is 1.18 bits per heavy atom. The minimum absolute atomic E-state index is 0.0547. The maximum Gasteiger partial charge on any atom is 0.250 e. The Balaban J connectivity index is 1.96. The topological polar surface area (TPSA) is 39.1 Å². The molecular weight excluding hydrogens is 214 g/mol. The Bertz CT molecular complexity index is 511. The van der Waals surface area contributed by atoms with Crippen LogP contribution in [0.5, 0.6) is 0 Å². The van der Waals surface area contributed by atoms with Crippen LogP contribution in [0.4, 0.5) is 0 Å². The first-order valence-electron chi connectivity index (χ1n) is 6.51. The predicted octanol–water partition coefficient (Wildman–Crippen LogP) is 2.17. The molecule has 3 rings (SSSR count). The third-order valence-corrected chi connectivity index (χ3v) is 3.87. The van der Waals surface area contributed by atoms with Gasteiger partial charge >= 0.3 is 0 Å². The number of hydrogen-bond donors (Lipinski definition) is 0. The van der Waals surface area contributed by atoms with Gasteiger partial charge in [-0.3, -0.25) is 9.59 Å². The number of carbonyl (C=O) groups is 1. The SMILES string of the molecule is O=C1CCCc2c1ccc(=O)n2CCC1CC1. The number of rotatable bonds is 3. The highest BCUT2D eigenvalue weighted by Gasteiger charge is 2.24. The van der Waals surface area contributed by atoms with Crippen LogP contribution in [0.25, 0.3) is 0 Å². The Labute approximate surface area is 100 Å². The van der Waals surface area contributed by atoms with Crippen molar-refractivity contribution < 1.29 is 4.79 Å². The van der Waals surface area contributed by atoms with Gasteiger partial charge < -0.3 is 4.57 Å². The zero-order valence-corrected chi connectivity index (χ0v) is 9.95. The molecule has 1 aromatic rings. The highest BCUT2D eigenvalue weighted by Crippen LogP contribution is 2.33. The van der Waals surface area contributed by atoms with E-state index in [4.69, 9.17) is 0 Å². The normalized spacial score (nSPS) is 19.2. The molecule has 0 spiro atoms. The lowest BCUT2D eigenvalue weighted by Gasteiger charge is -2.19. The van der Waals surface area contributed by atoms with Gasteiger partial charge in [-0.05, 0) is 31.2 Å². The van der Waals surface area contributed by atoms with E-state index in [0.29, 0.717) is 6.42 Å². The number of fused-ring (bicyclic) bond motifs is 1. The van der Waals surface area contributed by atoms with Crippen LogP contribution in [0.1, 0.15) is 48.2 Å². The molecule has 0 radical (unpaired) electrons. The van der Waals surface area contributed by atoms with Gasteiger partial charge in [0, 0.05) is 30.3 Å². The summed E-state index contributed by atoms with van der Waals surface area (Å²) in [4.78, 5) is 23.7. The summed E-state index contributed by atoms with van der Waals surface area (Å²) in [6.07, 6.45) is 6.10. The molecule has 1 fully saturated rings. The fourth-order valence-corrected chi connectivity index (χ4v) is 2.66. The quantitative estimate of drug-likeness (QED) is 0.799. The van der Waals surface area contributed by atoms with Gasteiger partial charge in [0.05, 0.1) is 0 Å². The second-order valence-electron chi connectivity index (χ2n) is 5.19. The van der Waals surface area contributed by atoms with Crippen molar-refractivity contribution in [3.63, 3.8) is 0 Å². The molecule has 1 saturated carbocycles. The van der Waals surface area contributed by atoms with Crippen molar-refractivity contribution >= 4 is 5.78 Å². The van der Waals surface area contributed by atoms with Crippen molar-refractivity contribution in [3.8, 4) is 0 Å². The van der Waals surface area contributed by atoms with E-state index in [9.17, 15) is 9.59 Å². The molecule has 3 heteroatoms. The van der Waals surface area contributed by atoms with Crippen molar-refractivity contribution in [2.24, 2.45) is 5.92 Å². The first-order chi connectivity index (χ1) is 8.25. The lowest BCUT2D eigenvalue weighted by atomic mass is 9.94. The monoisotopic (exact) mass is 231 g/mol. The molecule has 0 atom stereocenters. The number of nitrogens with zero attached hydrogens (tertiary/aromatic N) is 1. The van der Waals surface area contributed by atoms with Gasteiger partial charge in [0.2, 0.25) is 0 Å². The van der Waals surface area contributed by atoms with E-state index in [0.717, 1.165) is 43.0 Å². The standard InChI is InChI=1S/C14H17NO2/c16-13-3-1-2-12-11(13)6-7-14(17)15(12)9-8-10-4-5-10/h6-7,10H,1-5,8-9H2. The van der Waals surface area contributed by atoms with E-state index >= 15 is 0 Å². The zero-order chi connectivity index (χ0) is 11.8. The van der Waals surface area contributed by atoms with Gasteiger partial charge in [-0.1, -0.05) is 12.8 Å². The summed E-state index contributed by atoms with van der Waals surface area (Å²) in [6, 6.07) is 3.27. The van der Waals surface area contributed by atoms with Gasteiger partial charge in [-0.25, -0.2) is 0 Å². The highest BCUT2D eigenvalue weighted by molar-refractivity contribution is 5.97. The molecule has 1 aromatic heterocycles. The largest absolute Gasteiger partial charge is 0.312 e. The van der Waals surface area contributed by atoms with Crippen LogP contribution in [-0.4, -0.2) is 10.4 Å². The molecular formula is C14H17NO2. The lowest BCUT2D eigenvalue weighted by Crippen LogP contribution is -2.28. The molecule has 0 aromatic carbocycles. The van der Waals surface area contributed by atoms with Crippen molar-refractivity contribution in [1.29, 1.82) is 0 Å². The molecule has 2 aliphatic carbocycles. The number of carbonyl (C=O) groups excluding carboxylic acids is 1. The summed E-state index contributed by atoms with van der Waals surface area (Å²) in [5.74, 6) is 1.02. The van der Waals surface area contributed by atoms with E-state index in [1.165, 1.54) is 12.8 Å². The summed E-state index contributed by atoms with van der Waals surface area (Å²) in [5.41, 5.74) is 1.82. The molecule has 0 bridgehead atoms. The summed E-state index contributed by atoms with van der Waals surface area (Å²) in [6.45, 7) is 0.792. The number of ketones is 1. The van der Waals surface area contributed by atoms with Crippen LogP contribution in [-0.2, 0) is 13.0 Å². The van der Waals surface area contributed by atoms with E-state index in [2.05, 4.69) is 0 Å². The maximum absolute atomic E-state index is 11.9. The van der Waals surface area contributed by atoms with Gasteiger partial charge in [0.1, 0.15) is 0 Å². The first-order valence-corrected chi connectivity index (χ1v) is 6.51. The third kappa shape index (κ3) is 2.06. The van der Waals surface area contributed by atoms with Crippen molar-refractivity contribution in [3.05, 3.63) is 33.7 Å². The maximum atomic E-state index is 11.9. The van der Waals surface area contributed by atoms with Gasteiger partial charge in [-0.15, -0.1) is 0 Å². The van der Waals surface area contributed by atoms with E-state index in [-0.39, 0.29) is 11.3 Å². The number of Topliss-reactive ketones (excluding diaryl/α,β-unsaturated/α-hetero) is 1. The molecule has 0 saturated heterocycles. The average Bonchev–Trinajstić information content (AvgIpc) is 3.12. The molecule has 0 N–H and O–H groups in total. The second-order valence-corrected chi connectivity index (χ2v) is 5.19. The molecule has 0 unspecified atom stereocenters. The number of aromatic nitrogens is 1. The lowest BCUT2D eigenvalue weighted by molar-refractivity contribution is 0.0970. The average molecular weight is 231 g/mol. The minimum atomic E-state index is 0.0547. The summed E-state index contributed by atoms with van der Waals surface area (Å²) >= 11 is 0. The molecule has 2 aliphatic rings. The molecule has 0 amide bonds. The molecule has 17 heavy (non-hydrogen) atoms. The fraction of sp³-hybridized carbons (Fsp3) is 0.571. The van der Waals surface area contributed by atoms with Crippen molar-refractivity contribution in [2.75, 3.05) is 0 Å². The molecule has 90 valence electrons. The van der Waals surface area contributed by atoms with E-state index in [1.54, 1.807) is 12.1 Å². The van der Waals surface area contributed by atoms with Crippen molar-refractivity contribution in [2.45, 2.75) is 45.1 Å². The van der Waals surface area contributed by atoms with E-state index in [1.807, 2.05) is 4.57 Å². The smallest absolute Gasteiger partial charge is 0.250 e. The Kier molecular flexibility index (Phi) is 2.61. The second kappa shape index (κ2) is 4.13. The van der Waals surface area contributed by atoms with E-state index < -0.39 is 0 Å². The zero-order valence-electron chi connectivity index (χ0n) is 9.95. The molecule has 1 heterocycles. The Hall–Kier alpha value is -1.38. The molecule has 3 nitrogen and oxygen atoms in total. The third-order valence-electron chi connectivity index (χ3n) is 3.87. The molecule has 0 aliphatic heterocycles. The highest BCUT2D eigenvalue weighted by atomic mass is 16.1. The van der Waals surface area contributed by atoms with Gasteiger partial charge in [0.25, 0.3) is 5.56 Å². The van der Waals surface area contributed by atoms with Crippen molar-refractivity contribution in [1.82, 2.24) is 4.57 Å². The van der Waals surface area contributed by atoms with Gasteiger partial charge in [0.15, 0.2) is 5.78 Å². The Morgan fingerprint density at radius 2 is 2.00 bits per heavy atom. The summed E-state index contributed by atoms with van der Waals surface area (Å²) in [5, 5.41) is 0. The summed E-state index contributed by atoms with van der Waals surface area (Å²) in [7, 11) is 0. The van der Waals surface area contributed by atoms with Crippen LogP contribution in [0, 0.1) is 5.92 Å². The number of pyridine rings is 1. The van der Waals surface area contributed by atoms with Gasteiger partial charge in [-0.2, -0.15) is 0 Å². The first kappa shape index (κ1) is 10.8. The van der Waals surface area contributed by atoms with Crippen LogP contribution < -0.4 is 5.56 Å². The minimum Gasteiger partial charge on any atom is -0.312 e. The Morgan fingerprint density at radius 3 is 2.76 bits per heavy atom. The van der Waals surface area contributed by atoms with Crippen LogP contribution in [0.15, 0.2) is 16.9 Å². The summed E-state index contributed by atoms with van der Waals surface area (Å²) < 4.78 is 1.84. The predicted molar refractivity (Wildman–Crippen MR) is 65.3 cm³/mol. The van der Waals surface area contributed by atoms with Crippen LogP contribution in [0.2, 0.25) is 0 Å². The fourth-order valence-electron chi connectivity index (χ4n) is 2.66. The number of hydrogen-bond acceptors (Lipinski definition) is 2. The van der Waals surface area contributed by atoms with Crippen LogP contribution in [0.3, 0.4) is 0 Å².